The second-order valence-corrected chi connectivity index (χ2v) is 5.18. The lowest BCUT2D eigenvalue weighted by Gasteiger charge is -2.32. The molecule has 0 saturated carbocycles. The highest BCUT2D eigenvalue weighted by Crippen LogP contribution is 2.29. The predicted octanol–water partition coefficient (Wildman–Crippen LogP) is 2.64. The van der Waals surface area contributed by atoms with Crippen LogP contribution in [0.15, 0.2) is 0 Å². The smallest absolute Gasteiger partial charge is 0.133 e. The average molecular weight is 200 g/mol. The number of carbonyl (C=O) groups is 1. The van der Waals surface area contributed by atoms with Crippen molar-refractivity contribution in [1.29, 1.82) is 0 Å². The van der Waals surface area contributed by atoms with Gasteiger partial charge in [0.15, 0.2) is 0 Å². The molecule has 0 spiro atoms. The van der Waals surface area contributed by atoms with Crippen molar-refractivity contribution in [2.45, 2.75) is 53.6 Å². The van der Waals surface area contributed by atoms with E-state index >= 15 is 0 Å². The third-order valence-corrected chi connectivity index (χ3v) is 3.20. The first-order chi connectivity index (χ1) is 6.18. The number of aliphatic hydroxyl groups is 1. The number of carbonyl (C=O) groups excluding carboxylic acids is 1. The van der Waals surface area contributed by atoms with Gasteiger partial charge in [0.1, 0.15) is 5.78 Å². The van der Waals surface area contributed by atoms with Crippen LogP contribution in [0.2, 0.25) is 0 Å². The quantitative estimate of drug-likeness (QED) is 0.740. The number of rotatable bonds is 5. The number of ketones is 1. The monoisotopic (exact) mass is 200 g/mol. The first-order valence-electron chi connectivity index (χ1n) is 5.41. The first kappa shape index (κ1) is 13.6. The highest BCUT2D eigenvalue weighted by atomic mass is 16.3. The summed E-state index contributed by atoms with van der Waals surface area (Å²) in [6.07, 6.45) is 0.567. The Kier molecular flexibility index (Phi) is 4.79. The van der Waals surface area contributed by atoms with E-state index in [1.54, 1.807) is 6.92 Å². The highest BCUT2D eigenvalue weighted by molar-refractivity contribution is 5.78. The van der Waals surface area contributed by atoms with E-state index in [0.29, 0.717) is 12.3 Å². The van der Waals surface area contributed by atoms with Crippen LogP contribution in [0.3, 0.4) is 0 Å². The molecule has 1 N–H and O–H groups in total. The van der Waals surface area contributed by atoms with Gasteiger partial charge in [0.05, 0.1) is 5.60 Å². The lowest BCUT2D eigenvalue weighted by molar-refractivity contribution is -0.125. The Morgan fingerprint density at radius 3 is 1.93 bits per heavy atom. The van der Waals surface area contributed by atoms with Crippen LogP contribution in [0.5, 0.6) is 0 Å². The molecule has 0 aromatic rings. The molecule has 0 aliphatic carbocycles. The molecule has 0 amide bonds. The van der Waals surface area contributed by atoms with Gasteiger partial charge < -0.3 is 5.11 Å². The molecule has 0 rings (SSSR count). The Labute approximate surface area is 87.7 Å². The minimum Gasteiger partial charge on any atom is -0.390 e. The van der Waals surface area contributed by atoms with Gasteiger partial charge in [-0.1, -0.05) is 27.7 Å². The average Bonchev–Trinajstić information content (AvgIpc) is 1.98. The maximum atomic E-state index is 11.4. The predicted molar refractivity (Wildman–Crippen MR) is 59.1 cm³/mol. The van der Waals surface area contributed by atoms with Crippen LogP contribution >= 0.6 is 0 Å². The SMILES string of the molecule is CC(=O)C(CC(C)(O)C(C)C)C(C)C. The van der Waals surface area contributed by atoms with E-state index in [2.05, 4.69) is 0 Å². The Morgan fingerprint density at radius 1 is 1.29 bits per heavy atom. The van der Waals surface area contributed by atoms with Crippen molar-refractivity contribution in [2.24, 2.45) is 17.8 Å². The number of Topliss-reactive ketones (excluding diaryl/α,β-unsaturated/α-hetero) is 1. The summed E-state index contributed by atoms with van der Waals surface area (Å²) in [6, 6.07) is 0. The fraction of sp³-hybridized carbons (Fsp3) is 0.917. The van der Waals surface area contributed by atoms with E-state index in [9.17, 15) is 9.90 Å². The van der Waals surface area contributed by atoms with Crippen LogP contribution in [0.25, 0.3) is 0 Å². The molecule has 0 heterocycles. The van der Waals surface area contributed by atoms with Crippen LogP contribution in [0.4, 0.5) is 0 Å². The van der Waals surface area contributed by atoms with Crippen molar-refractivity contribution in [3.8, 4) is 0 Å². The molecule has 14 heavy (non-hydrogen) atoms. The topological polar surface area (TPSA) is 37.3 Å². The van der Waals surface area contributed by atoms with Gasteiger partial charge >= 0.3 is 0 Å². The molecule has 0 fully saturated rings. The maximum Gasteiger partial charge on any atom is 0.133 e. The van der Waals surface area contributed by atoms with Gasteiger partial charge in [0, 0.05) is 5.92 Å². The van der Waals surface area contributed by atoms with Gasteiger partial charge in [-0.3, -0.25) is 4.79 Å². The van der Waals surface area contributed by atoms with Crippen molar-refractivity contribution in [3.05, 3.63) is 0 Å². The molecule has 0 saturated heterocycles. The van der Waals surface area contributed by atoms with Crippen molar-refractivity contribution in [2.75, 3.05) is 0 Å². The highest BCUT2D eigenvalue weighted by Gasteiger charge is 2.32. The molecule has 84 valence electrons. The van der Waals surface area contributed by atoms with E-state index in [1.165, 1.54) is 0 Å². The molecular formula is C12H24O2. The van der Waals surface area contributed by atoms with Gasteiger partial charge in [0.2, 0.25) is 0 Å². The summed E-state index contributed by atoms with van der Waals surface area (Å²) in [5.74, 6) is 0.647. The van der Waals surface area contributed by atoms with Crippen LogP contribution in [-0.4, -0.2) is 16.5 Å². The van der Waals surface area contributed by atoms with E-state index in [1.807, 2.05) is 34.6 Å². The zero-order chi connectivity index (χ0) is 11.5. The summed E-state index contributed by atoms with van der Waals surface area (Å²) in [4.78, 5) is 11.4. The van der Waals surface area contributed by atoms with Crippen LogP contribution in [0, 0.1) is 17.8 Å². The van der Waals surface area contributed by atoms with Crippen LogP contribution < -0.4 is 0 Å². The molecule has 2 atom stereocenters. The third kappa shape index (κ3) is 3.79. The lowest BCUT2D eigenvalue weighted by atomic mass is 9.78. The fourth-order valence-corrected chi connectivity index (χ4v) is 1.53. The Hall–Kier alpha value is -0.370. The van der Waals surface area contributed by atoms with Gasteiger partial charge in [-0.2, -0.15) is 0 Å². The van der Waals surface area contributed by atoms with E-state index in [-0.39, 0.29) is 17.6 Å². The second kappa shape index (κ2) is 4.92. The Balaban J connectivity index is 4.52. The second-order valence-electron chi connectivity index (χ2n) is 5.18. The zero-order valence-electron chi connectivity index (χ0n) is 10.3. The maximum absolute atomic E-state index is 11.4. The third-order valence-electron chi connectivity index (χ3n) is 3.20. The van der Waals surface area contributed by atoms with Crippen molar-refractivity contribution in [3.63, 3.8) is 0 Å². The van der Waals surface area contributed by atoms with E-state index < -0.39 is 5.60 Å². The molecule has 0 aromatic heterocycles. The Morgan fingerprint density at radius 2 is 1.71 bits per heavy atom. The van der Waals surface area contributed by atoms with E-state index in [0.717, 1.165) is 0 Å². The van der Waals surface area contributed by atoms with Gasteiger partial charge in [0.25, 0.3) is 0 Å². The zero-order valence-corrected chi connectivity index (χ0v) is 10.3. The van der Waals surface area contributed by atoms with Crippen LogP contribution in [-0.2, 0) is 4.79 Å². The minimum atomic E-state index is -0.736. The lowest BCUT2D eigenvalue weighted by Crippen LogP contribution is -2.36. The molecule has 2 nitrogen and oxygen atoms in total. The van der Waals surface area contributed by atoms with Gasteiger partial charge in [-0.25, -0.2) is 0 Å². The largest absolute Gasteiger partial charge is 0.390 e. The molecule has 0 aliphatic rings. The number of hydrogen-bond acceptors (Lipinski definition) is 2. The van der Waals surface area contributed by atoms with Crippen LogP contribution in [0.1, 0.15) is 48.0 Å². The number of hydrogen-bond donors (Lipinski definition) is 1. The van der Waals surface area contributed by atoms with Gasteiger partial charge in [-0.15, -0.1) is 0 Å². The summed E-state index contributed by atoms with van der Waals surface area (Å²) >= 11 is 0. The Bertz CT molecular complexity index is 192. The molecule has 2 heteroatoms. The summed E-state index contributed by atoms with van der Waals surface area (Å²) in [7, 11) is 0. The summed E-state index contributed by atoms with van der Waals surface area (Å²) < 4.78 is 0. The minimum absolute atomic E-state index is 0.0209. The van der Waals surface area contributed by atoms with Crippen molar-refractivity contribution < 1.29 is 9.90 Å². The van der Waals surface area contributed by atoms with Crippen molar-refractivity contribution >= 4 is 5.78 Å². The molecule has 0 aromatic carbocycles. The first-order valence-corrected chi connectivity index (χ1v) is 5.41. The molecular weight excluding hydrogens is 176 g/mol. The summed E-state index contributed by atoms with van der Waals surface area (Å²) in [5, 5.41) is 10.1. The molecule has 0 aliphatic heterocycles. The molecule has 2 unspecified atom stereocenters. The molecule has 0 radical (unpaired) electrons. The standard InChI is InChI=1S/C12H24O2/c1-8(2)11(10(5)13)7-12(6,14)9(3)4/h8-9,11,14H,7H2,1-6H3. The fourth-order valence-electron chi connectivity index (χ4n) is 1.53. The summed E-state index contributed by atoms with van der Waals surface area (Å²) in [5.41, 5.74) is -0.736. The van der Waals surface area contributed by atoms with E-state index in [4.69, 9.17) is 0 Å². The summed E-state index contributed by atoms with van der Waals surface area (Å²) in [6.45, 7) is 11.5. The van der Waals surface area contributed by atoms with Crippen molar-refractivity contribution in [1.82, 2.24) is 0 Å². The molecule has 0 bridgehead atoms. The normalized spacial score (nSPS) is 18.4. The van der Waals surface area contributed by atoms with Gasteiger partial charge in [-0.05, 0) is 32.1 Å².